The lowest BCUT2D eigenvalue weighted by atomic mass is 9.95. The van der Waals surface area contributed by atoms with Gasteiger partial charge in [0.05, 0.1) is 0 Å². The molecule has 0 spiro atoms. The fourth-order valence-electron chi connectivity index (χ4n) is 2.17. The van der Waals surface area contributed by atoms with Crippen LogP contribution in [0.3, 0.4) is 0 Å². The van der Waals surface area contributed by atoms with Gasteiger partial charge in [-0.15, -0.1) is 0 Å². The molecule has 0 radical (unpaired) electrons. The topological polar surface area (TPSA) is 22.0 Å². The van der Waals surface area contributed by atoms with E-state index in [4.69, 9.17) is 0 Å². The fraction of sp³-hybridized carbons (Fsp3) is 0.545. The fourth-order valence-corrected chi connectivity index (χ4v) is 2.40. The molecule has 0 aromatic carbocycles. The van der Waals surface area contributed by atoms with Crippen molar-refractivity contribution in [2.24, 2.45) is 7.05 Å². The van der Waals surface area contributed by atoms with E-state index >= 15 is 0 Å². The first-order valence-electron chi connectivity index (χ1n) is 5.05. The highest BCUT2D eigenvalue weighted by atomic mass is 32.1. The molecular formula is C11H15NOS. The second kappa shape index (κ2) is 3.81. The van der Waals surface area contributed by atoms with Crippen LogP contribution in [0.4, 0.5) is 0 Å². The summed E-state index contributed by atoms with van der Waals surface area (Å²) in [5.41, 5.74) is 3.53. The Bertz CT molecular complexity index is 408. The highest BCUT2D eigenvalue weighted by Crippen LogP contribution is 2.20. The Kier molecular flexibility index (Phi) is 2.68. The van der Waals surface area contributed by atoms with Gasteiger partial charge < -0.3 is 4.57 Å². The molecule has 3 heteroatoms. The third kappa shape index (κ3) is 1.50. The summed E-state index contributed by atoms with van der Waals surface area (Å²) in [4.78, 5) is 11.8. The standard InChI is InChI=1S/C11H15NOS/c1-12-10-5-3-2-4-8(10)6-9(7-14)11(12)13/h6,14H,2-5,7H2,1H3. The summed E-state index contributed by atoms with van der Waals surface area (Å²) in [7, 11) is 1.87. The molecule has 0 unspecified atom stereocenters. The van der Waals surface area contributed by atoms with E-state index in [2.05, 4.69) is 12.6 Å². The minimum atomic E-state index is 0.126. The zero-order valence-corrected chi connectivity index (χ0v) is 9.31. The van der Waals surface area contributed by atoms with Gasteiger partial charge in [0.15, 0.2) is 0 Å². The minimum absolute atomic E-state index is 0.126. The number of hydrogen-bond acceptors (Lipinski definition) is 2. The number of rotatable bonds is 1. The van der Waals surface area contributed by atoms with Crippen LogP contribution >= 0.6 is 12.6 Å². The average molecular weight is 209 g/mol. The van der Waals surface area contributed by atoms with E-state index < -0.39 is 0 Å². The predicted molar refractivity (Wildman–Crippen MR) is 61.0 cm³/mol. The van der Waals surface area contributed by atoms with Gasteiger partial charge >= 0.3 is 0 Å². The Morgan fingerprint density at radius 1 is 1.43 bits per heavy atom. The van der Waals surface area contributed by atoms with Crippen molar-refractivity contribution in [3.63, 3.8) is 0 Å². The number of aromatic nitrogens is 1. The molecule has 14 heavy (non-hydrogen) atoms. The van der Waals surface area contributed by atoms with Crippen LogP contribution in [0, 0.1) is 0 Å². The van der Waals surface area contributed by atoms with Gasteiger partial charge in [-0.05, 0) is 37.3 Å². The average Bonchev–Trinajstić information content (AvgIpc) is 2.23. The van der Waals surface area contributed by atoms with Gasteiger partial charge in [-0.2, -0.15) is 12.6 Å². The molecule has 2 nitrogen and oxygen atoms in total. The molecule has 1 aromatic rings. The number of pyridine rings is 1. The molecule has 0 bridgehead atoms. The van der Waals surface area contributed by atoms with Gasteiger partial charge in [0.1, 0.15) is 0 Å². The maximum atomic E-state index is 11.8. The Morgan fingerprint density at radius 3 is 2.86 bits per heavy atom. The highest BCUT2D eigenvalue weighted by Gasteiger charge is 2.14. The third-order valence-electron chi connectivity index (χ3n) is 2.98. The second-order valence-electron chi connectivity index (χ2n) is 3.87. The molecule has 0 atom stereocenters. The van der Waals surface area contributed by atoms with Crippen LogP contribution in [0.1, 0.15) is 29.7 Å². The second-order valence-corrected chi connectivity index (χ2v) is 4.19. The largest absolute Gasteiger partial charge is 0.315 e. The lowest BCUT2D eigenvalue weighted by Crippen LogP contribution is -2.26. The number of aryl methyl sites for hydroxylation is 1. The molecule has 1 aromatic heterocycles. The summed E-state index contributed by atoms with van der Waals surface area (Å²) in [6.45, 7) is 0. The zero-order chi connectivity index (χ0) is 10.1. The number of hydrogen-bond donors (Lipinski definition) is 1. The normalized spacial score (nSPS) is 15.3. The van der Waals surface area contributed by atoms with Crippen LogP contribution in [0.5, 0.6) is 0 Å². The van der Waals surface area contributed by atoms with Crippen LogP contribution in [-0.2, 0) is 25.6 Å². The number of thiol groups is 1. The van der Waals surface area contributed by atoms with E-state index in [0.717, 1.165) is 18.4 Å². The summed E-state index contributed by atoms with van der Waals surface area (Å²) in [6, 6.07) is 2.05. The molecule has 1 heterocycles. The first kappa shape index (κ1) is 9.84. The third-order valence-corrected chi connectivity index (χ3v) is 3.32. The van der Waals surface area contributed by atoms with Gasteiger partial charge in [-0.1, -0.05) is 0 Å². The smallest absolute Gasteiger partial charge is 0.254 e. The molecule has 0 N–H and O–H groups in total. The van der Waals surface area contributed by atoms with Gasteiger partial charge in [0, 0.05) is 24.1 Å². The predicted octanol–water partition coefficient (Wildman–Crippen LogP) is 1.69. The number of nitrogens with zero attached hydrogens (tertiary/aromatic N) is 1. The quantitative estimate of drug-likeness (QED) is 0.699. The van der Waals surface area contributed by atoms with Gasteiger partial charge in [0.2, 0.25) is 0 Å². The lowest BCUT2D eigenvalue weighted by molar-refractivity contribution is 0.620. The van der Waals surface area contributed by atoms with Crippen LogP contribution in [0.25, 0.3) is 0 Å². The van der Waals surface area contributed by atoms with E-state index in [-0.39, 0.29) is 5.56 Å². The Hall–Kier alpha value is -0.700. The van der Waals surface area contributed by atoms with Crippen molar-refractivity contribution in [1.82, 2.24) is 4.57 Å². The van der Waals surface area contributed by atoms with Gasteiger partial charge in [0.25, 0.3) is 5.56 Å². The van der Waals surface area contributed by atoms with Crippen LogP contribution in [-0.4, -0.2) is 4.57 Å². The lowest BCUT2D eigenvalue weighted by Gasteiger charge is -2.19. The highest BCUT2D eigenvalue weighted by molar-refractivity contribution is 7.79. The van der Waals surface area contributed by atoms with Crippen molar-refractivity contribution in [2.45, 2.75) is 31.4 Å². The van der Waals surface area contributed by atoms with Gasteiger partial charge in [-0.25, -0.2) is 0 Å². The summed E-state index contributed by atoms with van der Waals surface area (Å²) < 4.78 is 1.81. The molecule has 0 amide bonds. The van der Waals surface area contributed by atoms with E-state index in [9.17, 15) is 4.79 Å². The van der Waals surface area contributed by atoms with Crippen molar-refractivity contribution < 1.29 is 0 Å². The monoisotopic (exact) mass is 209 g/mol. The van der Waals surface area contributed by atoms with E-state index in [1.54, 1.807) is 4.57 Å². The van der Waals surface area contributed by atoms with E-state index in [0.29, 0.717) is 5.75 Å². The maximum Gasteiger partial charge on any atom is 0.254 e. The molecule has 0 fully saturated rings. The maximum absolute atomic E-state index is 11.8. The van der Waals surface area contributed by atoms with Crippen LogP contribution in [0.15, 0.2) is 10.9 Å². The Morgan fingerprint density at radius 2 is 2.14 bits per heavy atom. The van der Waals surface area contributed by atoms with E-state index in [1.807, 2.05) is 13.1 Å². The van der Waals surface area contributed by atoms with Crippen molar-refractivity contribution in [3.8, 4) is 0 Å². The Balaban J connectivity index is 2.63. The first-order valence-corrected chi connectivity index (χ1v) is 5.69. The number of fused-ring (bicyclic) bond motifs is 1. The summed E-state index contributed by atoms with van der Waals surface area (Å²) in [6.07, 6.45) is 4.62. The SMILES string of the molecule is Cn1c2c(cc(CS)c1=O)CCCC2. The Labute approximate surface area is 89.4 Å². The molecule has 0 aliphatic heterocycles. The van der Waals surface area contributed by atoms with E-state index in [1.165, 1.54) is 24.1 Å². The molecule has 2 rings (SSSR count). The van der Waals surface area contributed by atoms with Gasteiger partial charge in [-0.3, -0.25) is 4.79 Å². The minimum Gasteiger partial charge on any atom is -0.315 e. The molecular weight excluding hydrogens is 194 g/mol. The summed E-state index contributed by atoms with van der Waals surface area (Å²) in [5, 5.41) is 0. The molecule has 1 aliphatic rings. The van der Waals surface area contributed by atoms with Crippen molar-refractivity contribution in [3.05, 3.63) is 33.2 Å². The van der Waals surface area contributed by atoms with Crippen LogP contribution < -0.4 is 5.56 Å². The van der Waals surface area contributed by atoms with Crippen molar-refractivity contribution >= 4 is 12.6 Å². The zero-order valence-electron chi connectivity index (χ0n) is 8.42. The van der Waals surface area contributed by atoms with Crippen molar-refractivity contribution in [1.29, 1.82) is 0 Å². The molecule has 0 saturated carbocycles. The molecule has 1 aliphatic carbocycles. The van der Waals surface area contributed by atoms with Crippen molar-refractivity contribution in [2.75, 3.05) is 0 Å². The first-order chi connectivity index (χ1) is 6.74. The summed E-state index contributed by atoms with van der Waals surface area (Å²) >= 11 is 4.18. The molecule has 76 valence electrons. The molecule has 0 saturated heterocycles. The summed E-state index contributed by atoms with van der Waals surface area (Å²) in [5.74, 6) is 0.542. The van der Waals surface area contributed by atoms with Crippen LogP contribution in [0.2, 0.25) is 0 Å².